The standard InChI is InChI=1S/C10H17N3OS/c1-13(2)10-12-9(14-3)8(15-10)6-11-7-4-5-7/h7,11H,4-6H2,1-3H3. The highest BCUT2D eigenvalue weighted by atomic mass is 32.1. The van der Waals surface area contributed by atoms with Crippen LogP contribution in [0.5, 0.6) is 5.88 Å². The topological polar surface area (TPSA) is 37.4 Å². The van der Waals surface area contributed by atoms with Gasteiger partial charge in [-0.3, -0.25) is 0 Å². The van der Waals surface area contributed by atoms with Gasteiger partial charge in [0.2, 0.25) is 5.88 Å². The van der Waals surface area contributed by atoms with E-state index in [-0.39, 0.29) is 0 Å². The Bertz CT molecular complexity index is 333. The molecule has 15 heavy (non-hydrogen) atoms. The summed E-state index contributed by atoms with van der Waals surface area (Å²) in [5.74, 6) is 0.761. The molecule has 4 nitrogen and oxygen atoms in total. The maximum absolute atomic E-state index is 5.26. The van der Waals surface area contributed by atoms with Crippen molar-refractivity contribution in [3.63, 3.8) is 0 Å². The number of anilines is 1. The molecule has 0 aliphatic heterocycles. The number of nitrogens with one attached hydrogen (secondary N) is 1. The summed E-state index contributed by atoms with van der Waals surface area (Å²) in [6.07, 6.45) is 2.61. The van der Waals surface area contributed by atoms with Gasteiger partial charge in [0.15, 0.2) is 5.13 Å². The lowest BCUT2D eigenvalue weighted by molar-refractivity contribution is 0.394. The first-order valence-electron chi connectivity index (χ1n) is 5.15. The van der Waals surface area contributed by atoms with E-state index >= 15 is 0 Å². The zero-order valence-electron chi connectivity index (χ0n) is 9.41. The van der Waals surface area contributed by atoms with Gasteiger partial charge in [0.25, 0.3) is 0 Å². The number of nitrogens with zero attached hydrogens (tertiary/aromatic N) is 2. The fourth-order valence-corrected chi connectivity index (χ4v) is 2.22. The Kier molecular flexibility index (Phi) is 3.11. The van der Waals surface area contributed by atoms with E-state index in [1.165, 1.54) is 17.7 Å². The number of methoxy groups -OCH3 is 1. The molecule has 1 aliphatic carbocycles. The van der Waals surface area contributed by atoms with Crippen LogP contribution in [0.25, 0.3) is 0 Å². The van der Waals surface area contributed by atoms with Crippen molar-refractivity contribution in [3.8, 4) is 5.88 Å². The molecule has 5 heteroatoms. The number of aromatic nitrogens is 1. The maximum Gasteiger partial charge on any atom is 0.230 e. The molecular weight excluding hydrogens is 210 g/mol. The van der Waals surface area contributed by atoms with Crippen molar-refractivity contribution in [3.05, 3.63) is 4.88 Å². The van der Waals surface area contributed by atoms with Crippen LogP contribution in [0.1, 0.15) is 17.7 Å². The SMILES string of the molecule is COc1nc(N(C)C)sc1CNC1CC1. The van der Waals surface area contributed by atoms with Gasteiger partial charge < -0.3 is 15.0 Å². The van der Waals surface area contributed by atoms with E-state index in [9.17, 15) is 0 Å². The normalized spacial score (nSPS) is 15.4. The molecule has 2 rings (SSSR count). The number of rotatable bonds is 5. The van der Waals surface area contributed by atoms with E-state index in [1.54, 1.807) is 18.4 Å². The maximum atomic E-state index is 5.26. The number of ether oxygens (including phenoxy) is 1. The summed E-state index contributed by atoms with van der Waals surface area (Å²) >= 11 is 1.69. The summed E-state index contributed by atoms with van der Waals surface area (Å²) in [7, 11) is 5.67. The molecule has 1 fully saturated rings. The highest BCUT2D eigenvalue weighted by molar-refractivity contribution is 7.15. The van der Waals surface area contributed by atoms with Crippen molar-refractivity contribution >= 4 is 16.5 Å². The molecule has 1 saturated carbocycles. The van der Waals surface area contributed by atoms with E-state index in [1.807, 2.05) is 19.0 Å². The minimum atomic E-state index is 0.722. The summed E-state index contributed by atoms with van der Waals surface area (Å²) < 4.78 is 5.26. The van der Waals surface area contributed by atoms with Gasteiger partial charge in [-0.1, -0.05) is 11.3 Å². The molecular formula is C10H17N3OS. The Balaban J connectivity index is 2.05. The minimum Gasteiger partial charge on any atom is -0.480 e. The largest absolute Gasteiger partial charge is 0.480 e. The molecule has 0 atom stereocenters. The van der Waals surface area contributed by atoms with Gasteiger partial charge in [-0.15, -0.1) is 0 Å². The molecule has 0 unspecified atom stereocenters. The monoisotopic (exact) mass is 227 g/mol. The second-order valence-electron chi connectivity index (χ2n) is 3.98. The van der Waals surface area contributed by atoms with Gasteiger partial charge >= 0.3 is 0 Å². The second kappa shape index (κ2) is 4.37. The molecule has 1 N–H and O–H groups in total. The van der Waals surface area contributed by atoms with Crippen LogP contribution in [-0.4, -0.2) is 32.2 Å². The van der Waals surface area contributed by atoms with Gasteiger partial charge in [-0.2, -0.15) is 4.98 Å². The van der Waals surface area contributed by atoms with Crippen molar-refractivity contribution in [2.24, 2.45) is 0 Å². The van der Waals surface area contributed by atoms with E-state index in [0.29, 0.717) is 0 Å². The van der Waals surface area contributed by atoms with Crippen LogP contribution < -0.4 is 15.0 Å². The Hall–Kier alpha value is -0.810. The summed E-state index contributed by atoms with van der Waals surface area (Å²) in [6.45, 7) is 0.874. The summed E-state index contributed by atoms with van der Waals surface area (Å²) in [5, 5.41) is 4.47. The first-order chi connectivity index (χ1) is 7.20. The molecule has 0 aromatic carbocycles. The van der Waals surface area contributed by atoms with Crippen LogP contribution >= 0.6 is 11.3 Å². The molecule has 1 aromatic heterocycles. The van der Waals surface area contributed by atoms with Crippen molar-refractivity contribution in [2.45, 2.75) is 25.4 Å². The van der Waals surface area contributed by atoms with Gasteiger partial charge in [-0.05, 0) is 12.8 Å². The van der Waals surface area contributed by atoms with Crippen LogP contribution in [0.3, 0.4) is 0 Å². The van der Waals surface area contributed by atoms with E-state index < -0.39 is 0 Å². The van der Waals surface area contributed by atoms with Crippen molar-refractivity contribution in [1.29, 1.82) is 0 Å². The third-order valence-electron chi connectivity index (χ3n) is 2.35. The molecule has 0 saturated heterocycles. The zero-order chi connectivity index (χ0) is 10.8. The molecule has 0 bridgehead atoms. The summed E-state index contributed by atoms with van der Waals surface area (Å²) in [5.41, 5.74) is 0. The quantitative estimate of drug-likeness (QED) is 0.826. The predicted molar refractivity (Wildman–Crippen MR) is 62.9 cm³/mol. The number of thiazole rings is 1. The fraction of sp³-hybridized carbons (Fsp3) is 0.700. The third-order valence-corrected chi connectivity index (χ3v) is 3.56. The molecule has 0 amide bonds. The Morgan fingerprint density at radius 1 is 1.53 bits per heavy atom. The highest BCUT2D eigenvalue weighted by Gasteiger charge is 2.22. The van der Waals surface area contributed by atoms with Crippen LogP contribution in [-0.2, 0) is 6.54 Å². The molecule has 84 valence electrons. The second-order valence-corrected chi connectivity index (χ2v) is 5.04. The number of hydrogen-bond acceptors (Lipinski definition) is 5. The average molecular weight is 227 g/mol. The lowest BCUT2D eigenvalue weighted by atomic mass is 10.5. The Labute approximate surface area is 94.3 Å². The van der Waals surface area contributed by atoms with Gasteiger partial charge in [0, 0.05) is 26.7 Å². The third kappa shape index (κ3) is 2.60. The van der Waals surface area contributed by atoms with Gasteiger partial charge in [0.05, 0.1) is 12.0 Å². The Morgan fingerprint density at radius 3 is 2.80 bits per heavy atom. The summed E-state index contributed by atoms with van der Waals surface area (Å²) in [6, 6.07) is 0.722. The number of hydrogen-bond donors (Lipinski definition) is 1. The molecule has 1 aromatic rings. The minimum absolute atomic E-state index is 0.722. The van der Waals surface area contributed by atoms with E-state index in [2.05, 4.69) is 10.3 Å². The lowest BCUT2D eigenvalue weighted by Gasteiger charge is -2.04. The smallest absolute Gasteiger partial charge is 0.230 e. The van der Waals surface area contributed by atoms with E-state index in [4.69, 9.17) is 4.74 Å². The zero-order valence-corrected chi connectivity index (χ0v) is 10.2. The fourth-order valence-electron chi connectivity index (χ4n) is 1.31. The highest BCUT2D eigenvalue weighted by Crippen LogP contribution is 2.31. The van der Waals surface area contributed by atoms with Crippen LogP contribution in [0.15, 0.2) is 0 Å². The lowest BCUT2D eigenvalue weighted by Crippen LogP contribution is -2.14. The molecule has 0 radical (unpaired) electrons. The van der Waals surface area contributed by atoms with Crippen LogP contribution in [0.2, 0.25) is 0 Å². The van der Waals surface area contributed by atoms with Crippen LogP contribution in [0, 0.1) is 0 Å². The summed E-state index contributed by atoms with van der Waals surface area (Å²) in [4.78, 5) is 7.60. The molecule has 1 aliphatic rings. The van der Waals surface area contributed by atoms with E-state index in [0.717, 1.165) is 23.6 Å². The van der Waals surface area contributed by atoms with Gasteiger partial charge in [-0.25, -0.2) is 0 Å². The van der Waals surface area contributed by atoms with Crippen LogP contribution in [0.4, 0.5) is 5.13 Å². The molecule has 1 heterocycles. The predicted octanol–water partition coefficient (Wildman–Crippen LogP) is 1.47. The van der Waals surface area contributed by atoms with Crippen molar-refractivity contribution in [2.75, 3.05) is 26.1 Å². The molecule has 0 spiro atoms. The van der Waals surface area contributed by atoms with Crippen molar-refractivity contribution < 1.29 is 4.74 Å². The van der Waals surface area contributed by atoms with Crippen molar-refractivity contribution in [1.82, 2.24) is 10.3 Å². The Morgan fingerprint density at radius 2 is 2.27 bits per heavy atom. The first kappa shape index (κ1) is 10.7. The first-order valence-corrected chi connectivity index (χ1v) is 5.96. The van der Waals surface area contributed by atoms with Gasteiger partial charge in [0.1, 0.15) is 0 Å². The average Bonchev–Trinajstić information content (AvgIpc) is 2.94.